The van der Waals surface area contributed by atoms with E-state index in [0.717, 1.165) is 6.07 Å². The van der Waals surface area contributed by atoms with Crippen LogP contribution in [0.1, 0.15) is 5.56 Å². The van der Waals surface area contributed by atoms with E-state index in [0.29, 0.717) is 24.9 Å². The first-order valence-electron chi connectivity index (χ1n) is 6.45. The van der Waals surface area contributed by atoms with Gasteiger partial charge in [-0.25, -0.2) is 0 Å². The van der Waals surface area contributed by atoms with Crippen molar-refractivity contribution in [3.05, 3.63) is 46.3 Å². The van der Waals surface area contributed by atoms with Gasteiger partial charge in [-0.2, -0.15) is 18.3 Å². The Labute approximate surface area is 128 Å². The molecule has 0 saturated carbocycles. The van der Waals surface area contributed by atoms with E-state index >= 15 is 0 Å². The van der Waals surface area contributed by atoms with Crippen LogP contribution in [0.25, 0.3) is 0 Å². The number of anilines is 2. The van der Waals surface area contributed by atoms with E-state index < -0.39 is 22.4 Å². The maximum absolute atomic E-state index is 12.9. The maximum Gasteiger partial charge on any atom is 0.423 e. The molecule has 0 aliphatic heterocycles. The van der Waals surface area contributed by atoms with Gasteiger partial charge in [0.2, 0.25) is 0 Å². The molecule has 0 aliphatic rings. The Morgan fingerprint density at radius 2 is 2.13 bits per heavy atom. The van der Waals surface area contributed by atoms with Gasteiger partial charge < -0.3 is 10.1 Å². The van der Waals surface area contributed by atoms with Crippen LogP contribution >= 0.6 is 0 Å². The van der Waals surface area contributed by atoms with Gasteiger partial charge in [0.15, 0.2) is 0 Å². The Kier molecular flexibility index (Phi) is 4.84. The predicted molar refractivity (Wildman–Crippen MR) is 75.5 cm³/mol. The number of nitro benzene ring substituents is 1. The Hall–Kier alpha value is -2.62. The molecular formula is C13H13F3N4O3. The molecule has 1 N–H and O–H groups in total. The van der Waals surface area contributed by atoms with Crippen molar-refractivity contribution in [3.63, 3.8) is 0 Å². The van der Waals surface area contributed by atoms with Crippen molar-refractivity contribution in [1.82, 2.24) is 9.78 Å². The molecule has 23 heavy (non-hydrogen) atoms. The number of alkyl halides is 3. The summed E-state index contributed by atoms with van der Waals surface area (Å²) in [6, 6.07) is 2.73. The minimum Gasteiger partial charge on any atom is -0.383 e. The van der Waals surface area contributed by atoms with Crippen LogP contribution in [0.2, 0.25) is 0 Å². The predicted octanol–water partition coefficient (Wildman–Crippen LogP) is 3.20. The van der Waals surface area contributed by atoms with Gasteiger partial charge in [-0.1, -0.05) is 0 Å². The molecule has 1 aromatic heterocycles. The quantitative estimate of drug-likeness (QED) is 0.650. The van der Waals surface area contributed by atoms with Crippen LogP contribution in [0.5, 0.6) is 0 Å². The van der Waals surface area contributed by atoms with Crippen molar-refractivity contribution >= 4 is 17.1 Å². The fourth-order valence-corrected chi connectivity index (χ4v) is 1.90. The van der Waals surface area contributed by atoms with Gasteiger partial charge in [-0.15, -0.1) is 0 Å². The van der Waals surface area contributed by atoms with Crippen LogP contribution in [0.15, 0.2) is 30.6 Å². The van der Waals surface area contributed by atoms with E-state index in [-0.39, 0.29) is 5.69 Å². The minimum absolute atomic E-state index is 0.0780. The number of ether oxygens (including phenoxy) is 1. The number of benzene rings is 1. The van der Waals surface area contributed by atoms with Gasteiger partial charge in [-0.3, -0.25) is 14.8 Å². The van der Waals surface area contributed by atoms with Gasteiger partial charge in [0, 0.05) is 25.1 Å². The molecular weight excluding hydrogens is 317 g/mol. The van der Waals surface area contributed by atoms with Gasteiger partial charge in [0.1, 0.15) is 5.56 Å². The lowest BCUT2D eigenvalue weighted by Gasteiger charge is -2.10. The third-order valence-corrected chi connectivity index (χ3v) is 2.95. The molecule has 0 unspecified atom stereocenters. The Balaban J connectivity index is 2.23. The molecule has 0 spiro atoms. The molecule has 2 rings (SSSR count). The highest BCUT2D eigenvalue weighted by Crippen LogP contribution is 2.38. The zero-order valence-corrected chi connectivity index (χ0v) is 12.0. The number of nitrogens with zero attached hydrogens (tertiary/aromatic N) is 3. The molecule has 0 amide bonds. The molecule has 1 heterocycles. The summed E-state index contributed by atoms with van der Waals surface area (Å²) in [4.78, 5) is 9.64. The first-order chi connectivity index (χ1) is 10.8. The normalized spacial score (nSPS) is 11.5. The first kappa shape index (κ1) is 16.7. The summed E-state index contributed by atoms with van der Waals surface area (Å²) in [5, 5.41) is 17.4. The number of nitro groups is 1. The van der Waals surface area contributed by atoms with Crippen molar-refractivity contribution in [2.75, 3.05) is 19.0 Å². The average Bonchev–Trinajstić information content (AvgIpc) is 2.91. The first-order valence-corrected chi connectivity index (χ1v) is 6.45. The van der Waals surface area contributed by atoms with Crippen molar-refractivity contribution in [1.29, 1.82) is 0 Å². The minimum atomic E-state index is -4.82. The van der Waals surface area contributed by atoms with Gasteiger partial charge in [-0.05, 0) is 12.1 Å². The SMILES string of the molecule is COCCn1cc(Nc2ccc([N+](=O)[O-])c(C(F)(F)F)c2)cn1. The van der Waals surface area contributed by atoms with Crippen molar-refractivity contribution in [2.24, 2.45) is 0 Å². The second kappa shape index (κ2) is 6.65. The van der Waals surface area contributed by atoms with Crippen molar-refractivity contribution < 1.29 is 22.8 Å². The third-order valence-electron chi connectivity index (χ3n) is 2.95. The fourth-order valence-electron chi connectivity index (χ4n) is 1.90. The molecule has 0 aliphatic carbocycles. The van der Waals surface area contributed by atoms with E-state index in [4.69, 9.17) is 4.74 Å². The Bertz CT molecular complexity index is 700. The van der Waals surface area contributed by atoms with E-state index in [2.05, 4.69) is 10.4 Å². The van der Waals surface area contributed by atoms with Crippen LogP contribution in [-0.4, -0.2) is 28.4 Å². The number of hydrogen-bond acceptors (Lipinski definition) is 5. The second-order valence-corrected chi connectivity index (χ2v) is 4.60. The summed E-state index contributed by atoms with van der Waals surface area (Å²) in [5.74, 6) is 0. The van der Waals surface area contributed by atoms with E-state index in [9.17, 15) is 23.3 Å². The van der Waals surface area contributed by atoms with Crippen LogP contribution in [-0.2, 0) is 17.5 Å². The summed E-state index contributed by atoms with van der Waals surface area (Å²) in [5.41, 5.74) is -1.75. The van der Waals surface area contributed by atoms with Crippen LogP contribution in [0, 0.1) is 10.1 Å². The van der Waals surface area contributed by atoms with Gasteiger partial charge in [0.25, 0.3) is 5.69 Å². The monoisotopic (exact) mass is 330 g/mol. The number of hydrogen-bond donors (Lipinski definition) is 1. The molecule has 0 atom stereocenters. The van der Waals surface area contributed by atoms with Crippen LogP contribution in [0.4, 0.5) is 30.2 Å². The summed E-state index contributed by atoms with van der Waals surface area (Å²) in [7, 11) is 1.54. The zero-order valence-electron chi connectivity index (χ0n) is 12.0. The standard InChI is InChI=1S/C13H13F3N4O3/c1-23-5-4-19-8-10(7-17-19)18-9-2-3-12(20(21)22)11(6-9)13(14,15)16/h2-3,6-8,18H,4-5H2,1H3. The molecule has 0 saturated heterocycles. The van der Waals surface area contributed by atoms with Crippen molar-refractivity contribution in [3.8, 4) is 0 Å². The lowest BCUT2D eigenvalue weighted by molar-refractivity contribution is -0.388. The summed E-state index contributed by atoms with van der Waals surface area (Å²) in [6.45, 7) is 0.934. The Morgan fingerprint density at radius 1 is 1.39 bits per heavy atom. The lowest BCUT2D eigenvalue weighted by Crippen LogP contribution is -2.09. The molecule has 10 heteroatoms. The number of rotatable bonds is 6. The molecule has 124 valence electrons. The second-order valence-electron chi connectivity index (χ2n) is 4.60. The maximum atomic E-state index is 12.9. The average molecular weight is 330 g/mol. The molecule has 0 radical (unpaired) electrons. The third kappa shape index (κ3) is 4.19. The smallest absolute Gasteiger partial charge is 0.383 e. The molecule has 2 aromatic rings. The number of nitrogens with one attached hydrogen (secondary N) is 1. The number of methoxy groups -OCH3 is 1. The molecule has 1 aromatic carbocycles. The topological polar surface area (TPSA) is 82.2 Å². The molecule has 7 nitrogen and oxygen atoms in total. The summed E-state index contributed by atoms with van der Waals surface area (Å²) in [6.07, 6.45) is -1.79. The van der Waals surface area contributed by atoms with Crippen molar-refractivity contribution in [2.45, 2.75) is 12.7 Å². The summed E-state index contributed by atoms with van der Waals surface area (Å²) < 4.78 is 45.2. The van der Waals surface area contributed by atoms with E-state index in [1.54, 1.807) is 10.9 Å². The van der Waals surface area contributed by atoms with Gasteiger partial charge in [0.05, 0.1) is 30.0 Å². The molecule has 0 fully saturated rings. The molecule has 0 bridgehead atoms. The van der Waals surface area contributed by atoms with Crippen LogP contribution in [0.3, 0.4) is 0 Å². The van der Waals surface area contributed by atoms with E-state index in [1.165, 1.54) is 19.4 Å². The highest BCUT2D eigenvalue weighted by atomic mass is 19.4. The van der Waals surface area contributed by atoms with Gasteiger partial charge >= 0.3 is 6.18 Å². The zero-order chi connectivity index (χ0) is 17.0. The Morgan fingerprint density at radius 3 is 2.74 bits per heavy atom. The largest absolute Gasteiger partial charge is 0.423 e. The summed E-state index contributed by atoms with van der Waals surface area (Å²) >= 11 is 0. The van der Waals surface area contributed by atoms with Crippen LogP contribution < -0.4 is 5.32 Å². The highest BCUT2D eigenvalue weighted by Gasteiger charge is 2.38. The fraction of sp³-hybridized carbons (Fsp3) is 0.308. The number of aromatic nitrogens is 2. The van der Waals surface area contributed by atoms with E-state index in [1.807, 2.05) is 0 Å². The highest BCUT2D eigenvalue weighted by molar-refractivity contribution is 5.62. The number of halogens is 3. The lowest BCUT2D eigenvalue weighted by atomic mass is 10.1.